The van der Waals surface area contributed by atoms with Gasteiger partial charge in [-0.05, 0) is 19.1 Å². The molecule has 0 fully saturated rings. The van der Waals surface area contributed by atoms with E-state index < -0.39 is 5.56 Å². The van der Waals surface area contributed by atoms with E-state index in [1.54, 1.807) is 16.8 Å². The molecule has 0 saturated heterocycles. The highest BCUT2D eigenvalue weighted by atomic mass is 16.3. The van der Waals surface area contributed by atoms with Crippen LogP contribution in [0.15, 0.2) is 65.5 Å². The van der Waals surface area contributed by atoms with E-state index in [-0.39, 0.29) is 11.5 Å². The fourth-order valence-corrected chi connectivity index (χ4v) is 2.78. The summed E-state index contributed by atoms with van der Waals surface area (Å²) in [5.74, 6) is -0.0175. The average molecular weight is 344 g/mol. The van der Waals surface area contributed by atoms with Crippen molar-refractivity contribution >= 4 is 23.0 Å². The predicted molar refractivity (Wildman–Crippen MR) is 101 cm³/mol. The lowest BCUT2D eigenvalue weighted by Crippen LogP contribution is -2.13. The van der Waals surface area contributed by atoms with Crippen molar-refractivity contribution in [3.05, 3.63) is 88.0 Å². The highest BCUT2D eigenvalue weighted by Gasteiger charge is 2.14. The van der Waals surface area contributed by atoms with Crippen LogP contribution >= 0.6 is 0 Å². The number of rotatable bonds is 3. The van der Waals surface area contributed by atoms with Crippen LogP contribution in [-0.2, 0) is 0 Å². The van der Waals surface area contributed by atoms with E-state index in [4.69, 9.17) is 0 Å². The Bertz CT molecular complexity index is 1160. The van der Waals surface area contributed by atoms with Gasteiger partial charge in [-0.2, -0.15) is 5.10 Å². The van der Waals surface area contributed by atoms with Gasteiger partial charge in [-0.15, -0.1) is 0 Å². The van der Waals surface area contributed by atoms with E-state index in [0.717, 1.165) is 5.69 Å². The fraction of sp³-hybridized carbons (Fsp3) is 0.0500. The molecule has 2 aromatic heterocycles. The van der Waals surface area contributed by atoms with E-state index in [2.05, 4.69) is 15.1 Å². The molecule has 0 aliphatic rings. The number of nitrogens with one attached hydrogen (secondary N) is 1. The van der Waals surface area contributed by atoms with Crippen molar-refractivity contribution in [2.45, 2.75) is 6.92 Å². The largest absolute Gasteiger partial charge is 0.507 e. The Kier molecular flexibility index (Phi) is 3.85. The number of fused-ring (bicyclic) bond motifs is 1. The van der Waals surface area contributed by atoms with Crippen molar-refractivity contribution in [1.29, 1.82) is 0 Å². The van der Waals surface area contributed by atoms with Crippen LogP contribution < -0.4 is 5.56 Å². The molecule has 0 aliphatic heterocycles. The van der Waals surface area contributed by atoms with Crippen LogP contribution in [0.25, 0.3) is 28.7 Å². The number of aromatic amines is 1. The highest BCUT2D eigenvalue weighted by Crippen LogP contribution is 2.19. The van der Waals surface area contributed by atoms with Crippen molar-refractivity contribution in [2.75, 3.05) is 0 Å². The van der Waals surface area contributed by atoms with Gasteiger partial charge in [-0.1, -0.05) is 48.5 Å². The summed E-state index contributed by atoms with van der Waals surface area (Å²) in [6.07, 6.45) is 1.37. The molecule has 2 N–H and O–H groups in total. The van der Waals surface area contributed by atoms with Crippen LogP contribution in [0, 0.1) is 6.92 Å². The third kappa shape index (κ3) is 2.77. The fourth-order valence-electron chi connectivity index (χ4n) is 2.78. The number of nitrogens with zero attached hydrogens (tertiary/aromatic N) is 3. The number of H-pyrrole nitrogens is 1. The summed E-state index contributed by atoms with van der Waals surface area (Å²) in [6.45, 7) is 1.83. The number of hydrogen-bond acceptors (Lipinski definition) is 4. The maximum absolute atomic E-state index is 12.5. The Morgan fingerprint density at radius 3 is 2.42 bits per heavy atom. The Balaban J connectivity index is 1.86. The summed E-state index contributed by atoms with van der Waals surface area (Å²) in [4.78, 5) is 19.7. The molecule has 0 bridgehead atoms. The van der Waals surface area contributed by atoms with Crippen molar-refractivity contribution < 1.29 is 5.11 Å². The molecule has 0 radical (unpaired) electrons. The number of aliphatic hydroxyl groups excluding tert-OH is 1. The molecule has 2 aromatic carbocycles. The molecule has 6 heteroatoms. The van der Waals surface area contributed by atoms with Gasteiger partial charge in [0.1, 0.15) is 17.0 Å². The van der Waals surface area contributed by atoms with Crippen molar-refractivity contribution in [1.82, 2.24) is 19.7 Å². The first-order valence-electron chi connectivity index (χ1n) is 8.14. The number of hydrogen-bond donors (Lipinski definition) is 2. The first kappa shape index (κ1) is 15.8. The van der Waals surface area contributed by atoms with Crippen molar-refractivity contribution in [2.24, 2.45) is 0 Å². The van der Waals surface area contributed by atoms with E-state index in [0.29, 0.717) is 22.4 Å². The van der Waals surface area contributed by atoms with Gasteiger partial charge >= 0.3 is 0 Å². The summed E-state index contributed by atoms with van der Waals surface area (Å²) >= 11 is 0. The Morgan fingerprint density at radius 2 is 1.73 bits per heavy atom. The summed E-state index contributed by atoms with van der Waals surface area (Å²) < 4.78 is 1.66. The maximum atomic E-state index is 12.5. The lowest BCUT2D eigenvalue weighted by atomic mass is 10.1. The molecule has 2 heterocycles. The van der Waals surface area contributed by atoms with Crippen LogP contribution in [0.5, 0.6) is 0 Å². The van der Waals surface area contributed by atoms with E-state index >= 15 is 0 Å². The monoisotopic (exact) mass is 344 g/mol. The first-order chi connectivity index (χ1) is 12.6. The molecule has 4 aromatic rings. The van der Waals surface area contributed by atoms with Crippen molar-refractivity contribution in [3.8, 4) is 5.69 Å². The minimum Gasteiger partial charge on any atom is -0.507 e. The minimum absolute atomic E-state index is 0.0175. The van der Waals surface area contributed by atoms with Crippen LogP contribution in [0.3, 0.4) is 0 Å². The van der Waals surface area contributed by atoms with Crippen LogP contribution in [-0.4, -0.2) is 24.9 Å². The molecule has 0 spiro atoms. The van der Waals surface area contributed by atoms with Gasteiger partial charge in [0.05, 0.1) is 11.4 Å². The molecule has 0 amide bonds. The SMILES string of the molecule is Cc1nn(-c2ccccc2)c2[nH]c(=O)c(/C=C(\O)c3ccccc3)nc12. The summed E-state index contributed by atoms with van der Waals surface area (Å²) in [7, 11) is 0. The Labute approximate surface area is 149 Å². The van der Waals surface area contributed by atoms with Gasteiger partial charge in [0.2, 0.25) is 0 Å². The third-order valence-electron chi connectivity index (χ3n) is 4.07. The van der Waals surface area contributed by atoms with Crippen molar-refractivity contribution in [3.63, 3.8) is 0 Å². The molecule has 0 saturated carbocycles. The normalized spacial score (nSPS) is 11.8. The molecule has 26 heavy (non-hydrogen) atoms. The smallest absolute Gasteiger partial charge is 0.275 e. The summed E-state index contributed by atoms with van der Waals surface area (Å²) in [5, 5.41) is 14.8. The maximum Gasteiger partial charge on any atom is 0.275 e. The van der Waals surface area contributed by atoms with Gasteiger partial charge < -0.3 is 10.1 Å². The third-order valence-corrected chi connectivity index (χ3v) is 4.07. The topological polar surface area (TPSA) is 83.8 Å². The van der Waals surface area contributed by atoms with E-state index in [9.17, 15) is 9.90 Å². The zero-order chi connectivity index (χ0) is 18.1. The second-order valence-corrected chi connectivity index (χ2v) is 5.88. The predicted octanol–water partition coefficient (Wildman–Crippen LogP) is 3.47. The zero-order valence-electron chi connectivity index (χ0n) is 14.0. The second kappa shape index (κ2) is 6.33. The van der Waals surface area contributed by atoms with Crippen LogP contribution in [0.2, 0.25) is 0 Å². The lowest BCUT2D eigenvalue weighted by molar-refractivity contribution is 0.515. The lowest BCUT2D eigenvalue weighted by Gasteiger charge is -2.03. The van der Waals surface area contributed by atoms with Gasteiger partial charge in [-0.25, -0.2) is 9.67 Å². The molecule has 6 nitrogen and oxygen atoms in total. The first-order valence-corrected chi connectivity index (χ1v) is 8.14. The second-order valence-electron chi connectivity index (χ2n) is 5.88. The average Bonchev–Trinajstić information content (AvgIpc) is 2.99. The highest BCUT2D eigenvalue weighted by molar-refractivity contribution is 5.79. The molecule has 0 aliphatic carbocycles. The minimum atomic E-state index is -0.392. The number of aliphatic hydroxyl groups is 1. The number of aryl methyl sites for hydroxylation is 1. The van der Waals surface area contributed by atoms with Gasteiger partial charge in [0, 0.05) is 11.6 Å². The molecule has 0 unspecified atom stereocenters. The molecular weight excluding hydrogens is 328 g/mol. The van der Waals surface area contributed by atoms with Gasteiger partial charge in [0.25, 0.3) is 5.56 Å². The zero-order valence-corrected chi connectivity index (χ0v) is 14.0. The van der Waals surface area contributed by atoms with Gasteiger partial charge in [-0.3, -0.25) is 4.79 Å². The number of para-hydroxylation sites is 1. The number of benzene rings is 2. The van der Waals surface area contributed by atoms with Crippen LogP contribution in [0.4, 0.5) is 0 Å². The van der Waals surface area contributed by atoms with Crippen LogP contribution in [0.1, 0.15) is 17.0 Å². The Hall–Kier alpha value is -3.67. The Morgan fingerprint density at radius 1 is 1.08 bits per heavy atom. The van der Waals surface area contributed by atoms with Gasteiger partial charge in [0.15, 0.2) is 5.65 Å². The summed E-state index contributed by atoms with van der Waals surface area (Å²) in [5.41, 5.74) is 2.99. The molecule has 4 rings (SSSR count). The number of aromatic nitrogens is 4. The molecule has 0 atom stereocenters. The van der Waals surface area contributed by atoms with E-state index in [1.807, 2.05) is 55.5 Å². The standard InChI is InChI=1S/C20H16N4O2/c1-13-18-19(24(23-13)15-10-6-3-7-11-15)22-20(26)16(21-18)12-17(25)14-8-4-2-5-9-14/h2-12,25H,1H3,(H,22,26)/b17-12-. The molecule has 128 valence electrons. The van der Waals surface area contributed by atoms with E-state index in [1.165, 1.54) is 6.08 Å². The molecular formula is C20H16N4O2. The summed E-state index contributed by atoms with van der Waals surface area (Å²) in [6, 6.07) is 18.5. The quantitative estimate of drug-likeness (QED) is 0.557.